The third-order valence-corrected chi connectivity index (χ3v) is 3.37. The molecule has 2 aliphatic rings. The first-order valence-corrected chi connectivity index (χ1v) is 6.59. The van der Waals surface area contributed by atoms with E-state index in [1.807, 2.05) is 0 Å². The van der Waals surface area contributed by atoms with Crippen molar-refractivity contribution in [3.8, 4) is 11.5 Å². The second-order valence-electron chi connectivity index (χ2n) is 4.94. The number of aliphatic hydroxyl groups is 1. The molecule has 0 aromatic heterocycles. The van der Waals surface area contributed by atoms with E-state index in [1.54, 1.807) is 18.2 Å². The second-order valence-corrected chi connectivity index (χ2v) is 4.94. The van der Waals surface area contributed by atoms with Gasteiger partial charge in [0.25, 0.3) is 0 Å². The van der Waals surface area contributed by atoms with Crippen molar-refractivity contribution < 1.29 is 19.4 Å². The highest BCUT2D eigenvalue weighted by molar-refractivity contribution is 5.80. The number of rotatable bonds is 4. The number of amides is 1. The molecule has 19 heavy (non-hydrogen) atoms. The maximum atomic E-state index is 11.5. The number of hydrogen-bond donors (Lipinski definition) is 2. The van der Waals surface area contributed by atoms with Gasteiger partial charge in [-0.15, -0.1) is 0 Å². The van der Waals surface area contributed by atoms with Crippen LogP contribution in [0.4, 0.5) is 0 Å². The molecule has 1 amide bonds. The van der Waals surface area contributed by atoms with Gasteiger partial charge in [0.1, 0.15) is 13.2 Å². The van der Waals surface area contributed by atoms with Crippen LogP contribution in [0.3, 0.4) is 0 Å². The third-order valence-electron chi connectivity index (χ3n) is 3.37. The van der Waals surface area contributed by atoms with Crippen molar-refractivity contribution in [2.45, 2.75) is 18.9 Å². The van der Waals surface area contributed by atoms with Gasteiger partial charge >= 0.3 is 0 Å². The molecule has 1 fully saturated rings. The van der Waals surface area contributed by atoms with Crippen molar-refractivity contribution in [3.63, 3.8) is 0 Å². The highest BCUT2D eigenvalue weighted by atomic mass is 16.6. The summed E-state index contributed by atoms with van der Waals surface area (Å²) >= 11 is 0. The molecule has 1 saturated carbocycles. The quantitative estimate of drug-likeness (QED) is 0.851. The van der Waals surface area contributed by atoms with E-state index in [-0.39, 0.29) is 18.4 Å². The molecule has 5 heteroatoms. The number of carbonyl (C=O) groups excluding carboxylic acids is 1. The largest absolute Gasteiger partial charge is 0.486 e. The first kappa shape index (κ1) is 12.3. The zero-order valence-corrected chi connectivity index (χ0v) is 10.6. The molecule has 3 rings (SSSR count). The molecular formula is C14H17NO4. The van der Waals surface area contributed by atoms with E-state index in [0.717, 1.165) is 18.4 Å². The topological polar surface area (TPSA) is 67.8 Å². The fraction of sp³-hybridized carbons (Fsp3) is 0.500. The summed E-state index contributed by atoms with van der Waals surface area (Å²) in [5.41, 5.74) is 0.723. The molecule has 1 atom stereocenters. The Labute approximate surface area is 111 Å². The Kier molecular flexibility index (Phi) is 3.29. The van der Waals surface area contributed by atoms with E-state index in [2.05, 4.69) is 5.32 Å². The minimum atomic E-state index is -0.724. The Morgan fingerprint density at radius 1 is 1.32 bits per heavy atom. The van der Waals surface area contributed by atoms with E-state index in [4.69, 9.17) is 9.47 Å². The second kappa shape index (κ2) is 5.09. The number of nitrogens with one attached hydrogen (secondary N) is 1. The summed E-state index contributed by atoms with van der Waals surface area (Å²) in [5.74, 6) is 1.55. The predicted molar refractivity (Wildman–Crippen MR) is 68.1 cm³/mol. The van der Waals surface area contributed by atoms with Gasteiger partial charge in [-0.3, -0.25) is 4.79 Å². The molecular weight excluding hydrogens is 246 g/mol. The zero-order chi connectivity index (χ0) is 13.2. The number of hydrogen-bond acceptors (Lipinski definition) is 4. The van der Waals surface area contributed by atoms with Crippen LogP contribution in [-0.2, 0) is 4.79 Å². The smallest absolute Gasteiger partial charge is 0.223 e. The molecule has 1 aromatic carbocycles. The van der Waals surface area contributed by atoms with Crippen LogP contribution in [-0.4, -0.2) is 30.8 Å². The maximum Gasteiger partial charge on any atom is 0.223 e. The molecule has 0 spiro atoms. The van der Waals surface area contributed by atoms with Crippen LogP contribution in [0.15, 0.2) is 18.2 Å². The van der Waals surface area contributed by atoms with Crippen LogP contribution >= 0.6 is 0 Å². The fourth-order valence-electron chi connectivity index (χ4n) is 2.07. The molecule has 1 aliphatic carbocycles. The summed E-state index contributed by atoms with van der Waals surface area (Å²) in [6.45, 7) is 1.30. The van der Waals surface area contributed by atoms with E-state index in [9.17, 15) is 9.90 Å². The Balaban J connectivity index is 1.62. The van der Waals surface area contributed by atoms with Crippen molar-refractivity contribution in [1.82, 2.24) is 5.32 Å². The maximum absolute atomic E-state index is 11.5. The molecule has 0 unspecified atom stereocenters. The van der Waals surface area contributed by atoms with Crippen LogP contribution in [0.2, 0.25) is 0 Å². The lowest BCUT2D eigenvalue weighted by molar-refractivity contribution is -0.122. The first-order chi connectivity index (χ1) is 9.24. The van der Waals surface area contributed by atoms with Crippen LogP contribution in [0, 0.1) is 5.92 Å². The molecule has 1 aliphatic heterocycles. The van der Waals surface area contributed by atoms with Crippen molar-refractivity contribution in [2.24, 2.45) is 5.92 Å². The number of aliphatic hydroxyl groups excluding tert-OH is 1. The molecule has 1 heterocycles. The van der Waals surface area contributed by atoms with Gasteiger partial charge in [-0.2, -0.15) is 0 Å². The monoisotopic (exact) mass is 263 g/mol. The Bertz CT molecular complexity index is 484. The minimum Gasteiger partial charge on any atom is -0.486 e. The predicted octanol–water partition coefficient (Wildman–Crippen LogP) is 1.02. The lowest BCUT2D eigenvalue weighted by Crippen LogP contribution is -2.29. The van der Waals surface area contributed by atoms with Gasteiger partial charge in [-0.05, 0) is 30.5 Å². The van der Waals surface area contributed by atoms with Gasteiger partial charge in [0.2, 0.25) is 5.91 Å². The molecule has 1 aromatic rings. The molecule has 0 saturated heterocycles. The van der Waals surface area contributed by atoms with Crippen LogP contribution in [0.1, 0.15) is 24.5 Å². The summed E-state index contributed by atoms with van der Waals surface area (Å²) in [4.78, 5) is 11.5. The standard InChI is InChI=1S/C14H17NO4/c16-11(8-15-14(17)9-1-2-9)10-3-4-12-13(7-10)19-6-5-18-12/h3-4,7,9,11,16H,1-2,5-6,8H2,(H,15,17)/t11-/m0/s1. The average Bonchev–Trinajstić information content (AvgIpc) is 3.28. The van der Waals surface area contributed by atoms with Gasteiger partial charge in [0.05, 0.1) is 6.10 Å². The summed E-state index contributed by atoms with van der Waals surface area (Å²) in [6.07, 6.45) is 1.20. The van der Waals surface area contributed by atoms with Gasteiger partial charge in [-0.1, -0.05) is 6.07 Å². The average molecular weight is 263 g/mol. The Morgan fingerprint density at radius 2 is 2.05 bits per heavy atom. The summed E-state index contributed by atoms with van der Waals surface area (Å²) in [5, 5.41) is 12.8. The SMILES string of the molecule is O=C(NC[C@H](O)c1ccc2c(c1)OCCO2)C1CC1. The van der Waals surface area contributed by atoms with Crippen molar-refractivity contribution >= 4 is 5.91 Å². The zero-order valence-electron chi connectivity index (χ0n) is 10.6. The highest BCUT2D eigenvalue weighted by Gasteiger charge is 2.29. The third kappa shape index (κ3) is 2.81. The molecule has 0 bridgehead atoms. The molecule has 0 radical (unpaired) electrons. The number of ether oxygens (including phenoxy) is 2. The van der Waals surface area contributed by atoms with E-state index in [0.29, 0.717) is 24.7 Å². The van der Waals surface area contributed by atoms with Crippen LogP contribution in [0.5, 0.6) is 11.5 Å². The molecule has 102 valence electrons. The normalized spacial score (nSPS) is 18.8. The van der Waals surface area contributed by atoms with Crippen LogP contribution in [0.25, 0.3) is 0 Å². The van der Waals surface area contributed by atoms with E-state index < -0.39 is 6.10 Å². The lowest BCUT2D eigenvalue weighted by Gasteiger charge is -2.20. The summed E-state index contributed by atoms with van der Waals surface area (Å²) in [6, 6.07) is 5.35. The summed E-state index contributed by atoms with van der Waals surface area (Å²) < 4.78 is 10.9. The fourth-order valence-corrected chi connectivity index (χ4v) is 2.07. The molecule has 5 nitrogen and oxygen atoms in total. The Hall–Kier alpha value is -1.75. The van der Waals surface area contributed by atoms with Gasteiger partial charge in [0.15, 0.2) is 11.5 Å². The van der Waals surface area contributed by atoms with Crippen molar-refractivity contribution in [1.29, 1.82) is 0 Å². The Morgan fingerprint density at radius 3 is 2.79 bits per heavy atom. The number of fused-ring (bicyclic) bond motifs is 1. The van der Waals surface area contributed by atoms with E-state index in [1.165, 1.54) is 0 Å². The van der Waals surface area contributed by atoms with Crippen molar-refractivity contribution in [3.05, 3.63) is 23.8 Å². The first-order valence-electron chi connectivity index (χ1n) is 6.59. The lowest BCUT2D eigenvalue weighted by atomic mass is 10.1. The van der Waals surface area contributed by atoms with Crippen molar-refractivity contribution in [2.75, 3.05) is 19.8 Å². The highest BCUT2D eigenvalue weighted by Crippen LogP contribution is 2.33. The number of benzene rings is 1. The number of carbonyl (C=O) groups is 1. The van der Waals surface area contributed by atoms with Gasteiger partial charge < -0.3 is 19.9 Å². The van der Waals surface area contributed by atoms with Gasteiger partial charge in [-0.25, -0.2) is 0 Å². The van der Waals surface area contributed by atoms with Crippen LogP contribution < -0.4 is 14.8 Å². The minimum absolute atomic E-state index is 0.0385. The van der Waals surface area contributed by atoms with E-state index >= 15 is 0 Å². The molecule has 2 N–H and O–H groups in total. The van der Waals surface area contributed by atoms with Gasteiger partial charge in [0, 0.05) is 12.5 Å². The summed E-state index contributed by atoms with van der Waals surface area (Å²) in [7, 11) is 0.